The molecule has 2 aliphatic heterocycles. The second-order valence-electron chi connectivity index (χ2n) is 20.1. The van der Waals surface area contributed by atoms with E-state index in [1.165, 1.54) is 12.0 Å². The summed E-state index contributed by atoms with van der Waals surface area (Å²) in [6.07, 6.45) is 5.88. The number of ether oxygens (including phenoxy) is 2. The predicted molar refractivity (Wildman–Crippen MR) is 291 cm³/mol. The number of hydrogen-bond donors (Lipinski definition) is 4. The van der Waals surface area contributed by atoms with Gasteiger partial charge in [-0.1, -0.05) is 35.9 Å². The van der Waals surface area contributed by atoms with Gasteiger partial charge in [0.2, 0.25) is 0 Å². The highest BCUT2D eigenvalue weighted by molar-refractivity contribution is 6.29. The molecule has 6 heterocycles. The van der Waals surface area contributed by atoms with Gasteiger partial charge >= 0.3 is 12.2 Å². The van der Waals surface area contributed by atoms with E-state index in [1.54, 1.807) is 12.4 Å². The maximum absolute atomic E-state index is 12.0. The van der Waals surface area contributed by atoms with Crippen molar-refractivity contribution in [2.75, 3.05) is 87.3 Å². The van der Waals surface area contributed by atoms with E-state index in [1.807, 2.05) is 122 Å². The molecule has 0 spiro atoms. The number of anilines is 5. The molecular weight excluding hydrogens is 944 g/mol. The summed E-state index contributed by atoms with van der Waals surface area (Å²) in [5, 5.41) is 9.40. The Morgan fingerprint density at radius 3 is 1.47 bits per heavy atom. The Morgan fingerprint density at radius 1 is 0.575 bits per heavy atom. The molecule has 0 radical (unpaired) electrons. The number of likely N-dealkylation sites (N-methyl/N-ethyl adjacent to an activating group) is 2. The number of alkyl carbamates (subject to hydrolysis) is 2. The van der Waals surface area contributed by atoms with Crippen molar-refractivity contribution in [2.24, 2.45) is 0 Å². The Morgan fingerprint density at radius 2 is 1.04 bits per heavy atom. The van der Waals surface area contributed by atoms with Crippen LogP contribution in [0.15, 0.2) is 97.8 Å². The zero-order valence-electron chi connectivity index (χ0n) is 43.9. The van der Waals surface area contributed by atoms with Crippen LogP contribution in [-0.2, 0) is 22.6 Å². The van der Waals surface area contributed by atoms with Gasteiger partial charge in [-0.25, -0.2) is 39.5 Å². The first-order chi connectivity index (χ1) is 34.7. The third-order valence-corrected chi connectivity index (χ3v) is 12.0. The van der Waals surface area contributed by atoms with Crippen LogP contribution in [0.3, 0.4) is 0 Å². The quantitative estimate of drug-likeness (QED) is 0.0946. The Bertz CT molecular complexity index is 2730. The molecule has 19 heteroatoms. The SMILES string of the molecule is CN1CCN(c2ccc(Cl)nc2)CC1.Cc1cc(-c2cc(N)ncn2)ccc1CNC(=O)OC(C)(C)C.Cc1cc(-c2cc(Nc3ccc(N4CCN(C)CC4)cn3)ncn2)ccc1CNC(=O)OC(C)(C)C. The molecule has 6 aromatic rings. The fourth-order valence-electron chi connectivity index (χ4n) is 7.65. The molecule has 0 bridgehead atoms. The molecular formula is C54H71ClN14O4. The van der Waals surface area contributed by atoms with Crippen LogP contribution < -0.4 is 31.5 Å². The van der Waals surface area contributed by atoms with Crippen molar-refractivity contribution in [3.05, 3.63) is 125 Å². The molecule has 8 rings (SSSR count). The van der Waals surface area contributed by atoms with Crippen molar-refractivity contribution in [1.29, 1.82) is 0 Å². The summed E-state index contributed by atoms with van der Waals surface area (Å²) >= 11 is 5.74. The molecule has 2 amide bonds. The summed E-state index contributed by atoms with van der Waals surface area (Å²) in [4.78, 5) is 58.6. The number of rotatable bonds is 10. The van der Waals surface area contributed by atoms with Crippen LogP contribution in [0.1, 0.15) is 63.8 Å². The summed E-state index contributed by atoms with van der Waals surface area (Å²) in [6, 6.07) is 23.5. The van der Waals surface area contributed by atoms with Gasteiger partial charge in [0.15, 0.2) is 0 Å². The lowest BCUT2D eigenvalue weighted by Crippen LogP contribution is -2.44. The minimum atomic E-state index is -0.524. The van der Waals surface area contributed by atoms with E-state index in [0.29, 0.717) is 29.9 Å². The van der Waals surface area contributed by atoms with E-state index in [9.17, 15) is 9.59 Å². The summed E-state index contributed by atoms with van der Waals surface area (Å²) in [5.74, 6) is 1.84. The Kier molecular flexibility index (Phi) is 19.3. The van der Waals surface area contributed by atoms with E-state index in [-0.39, 0.29) is 0 Å². The predicted octanol–water partition coefficient (Wildman–Crippen LogP) is 8.91. The number of aryl methyl sites for hydroxylation is 2. The highest BCUT2D eigenvalue weighted by Crippen LogP contribution is 2.26. The monoisotopic (exact) mass is 1010 g/mol. The maximum atomic E-state index is 12.0. The molecule has 4 aromatic heterocycles. The molecule has 0 aliphatic carbocycles. The van der Waals surface area contributed by atoms with Crippen molar-refractivity contribution in [1.82, 2.24) is 50.3 Å². The first kappa shape index (κ1) is 55.2. The van der Waals surface area contributed by atoms with Crippen molar-refractivity contribution < 1.29 is 19.1 Å². The van der Waals surface area contributed by atoms with Crippen molar-refractivity contribution in [3.8, 4) is 22.5 Å². The first-order valence-corrected chi connectivity index (χ1v) is 24.8. The largest absolute Gasteiger partial charge is 0.444 e. The molecule has 0 unspecified atom stereocenters. The number of halogens is 1. The molecule has 2 saturated heterocycles. The topological polar surface area (TPSA) is 205 Å². The Hall–Kier alpha value is -7.15. The first-order valence-electron chi connectivity index (χ1n) is 24.4. The fraction of sp³-hybridized carbons (Fsp3) is 0.407. The zero-order chi connectivity index (χ0) is 52.7. The number of nitrogens with zero attached hydrogens (tertiary/aromatic N) is 10. The Labute approximate surface area is 435 Å². The molecule has 0 atom stereocenters. The third kappa shape index (κ3) is 18.1. The van der Waals surface area contributed by atoms with Gasteiger partial charge in [0, 0.05) is 88.7 Å². The highest BCUT2D eigenvalue weighted by Gasteiger charge is 2.19. The number of carbonyl (C=O) groups excluding carboxylic acids is 2. The van der Waals surface area contributed by atoms with Gasteiger partial charge in [0.1, 0.15) is 46.5 Å². The van der Waals surface area contributed by atoms with Crippen LogP contribution in [0.25, 0.3) is 22.5 Å². The van der Waals surface area contributed by atoms with E-state index >= 15 is 0 Å². The number of nitrogen functional groups attached to an aromatic ring is 1. The van der Waals surface area contributed by atoms with E-state index in [0.717, 1.165) is 109 Å². The fourth-order valence-corrected chi connectivity index (χ4v) is 7.76. The van der Waals surface area contributed by atoms with Gasteiger partial charge in [-0.2, -0.15) is 0 Å². The van der Waals surface area contributed by atoms with Gasteiger partial charge in [-0.05, 0) is 128 Å². The van der Waals surface area contributed by atoms with Crippen molar-refractivity contribution in [3.63, 3.8) is 0 Å². The molecule has 18 nitrogen and oxygen atoms in total. The summed E-state index contributed by atoms with van der Waals surface area (Å²) in [5.41, 5.74) is 14.6. The molecule has 0 saturated carbocycles. The number of aromatic nitrogens is 6. The summed E-state index contributed by atoms with van der Waals surface area (Å²) in [6.45, 7) is 24.3. The number of hydrogen-bond acceptors (Lipinski definition) is 16. The standard InChI is InChI=1S/C27H35N7O2.C17H22N4O2.C10H14ClN3/c1-19-14-20(6-7-21(19)16-29-26(35)36-27(2,3)4)23-15-25(31-18-30-23)32-24-9-8-22(17-28-24)34-12-10-33(5)11-13-34;1-11-7-12(14-8-15(18)21-10-20-14)5-6-13(11)9-19-16(22)23-17(2,3)4;1-13-4-6-14(7-5-13)9-2-3-10(11)12-8-9/h6-9,14-15,17-18H,10-13,16H2,1-5H3,(H,29,35)(H,28,30,31,32);5-8,10H,9H2,1-4H3,(H,19,22)(H2,18,20,21);2-3,8H,4-7H2,1H3. The number of pyridine rings is 2. The van der Waals surface area contributed by atoms with Gasteiger partial charge in [-0.15, -0.1) is 0 Å². The van der Waals surface area contributed by atoms with Crippen LogP contribution in [-0.4, -0.2) is 130 Å². The van der Waals surface area contributed by atoms with E-state index in [2.05, 4.69) is 91.7 Å². The van der Waals surface area contributed by atoms with Gasteiger partial charge < -0.3 is 50.8 Å². The van der Waals surface area contributed by atoms with Crippen molar-refractivity contribution >= 4 is 52.6 Å². The molecule has 73 heavy (non-hydrogen) atoms. The number of benzene rings is 2. The summed E-state index contributed by atoms with van der Waals surface area (Å²) < 4.78 is 10.5. The average Bonchev–Trinajstić information content (AvgIpc) is 3.34. The van der Waals surface area contributed by atoms with Crippen molar-refractivity contribution in [2.45, 2.75) is 79.7 Å². The lowest BCUT2D eigenvalue weighted by Gasteiger charge is -2.33. The minimum Gasteiger partial charge on any atom is -0.444 e. The number of nitrogens with two attached hydrogens (primary N) is 1. The minimum absolute atomic E-state index is 0.396. The summed E-state index contributed by atoms with van der Waals surface area (Å²) in [7, 11) is 4.30. The highest BCUT2D eigenvalue weighted by atomic mass is 35.5. The molecule has 2 fully saturated rings. The van der Waals surface area contributed by atoms with Crippen LogP contribution in [0.2, 0.25) is 5.15 Å². The number of nitrogens with one attached hydrogen (secondary N) is 3. The Balaban J connectivity index is 0.000000199. The third-order valence-electron chi connectivity index (χ3n) is 11.7. The normalized spacial score (nSPS) is 14.2. The lowest BCUT2D eigenvalue weighted by atomic mass is 10.0. The maximum Gasteiger partial charge on any atom is 0.407 e. The van der Waals surface area contributed by atoms with Gasteiger partial charge in [0.25, 0.3) is 0 Å². The molecule has 2 aromatic carbocycles. The molecule has 2 aliphatic rings. The van der Waals surface area contributed by atoms with E-state index < -0.39 is 23.4 Å². The smallest absolute Gasteiger partial charge is 0.407 e. The second-order valence-corrected chi connectivity index (χ2v) is 20.4. The zero-order valence-corrected chi connectivity index (χ0v) is 44.6. The second kappa shape index (κ2) is 25.5. The van der Waals surface area contributed by atoms with Crippen LogP contribution in [0.5, 0.6) is 0 Å². The van der Waals surface area contributed by atoms with Crippen LogP contribution >= 0.6 is 11.6 Å². The van der Waals surface area contributed by atoms with Crippen LogP contribution in [0.4, 0.5) is 38.4 Å². The van der Waals surface area contributed by atoms with Crippen LogP contribution in [0, 0.1) is 13.8 Å². The molecule has 388 valence electrons. The number of carbonyl (C=O) groups is 2. The molecule has 5 N–H and O–H groups in total. The van der Waals surface area contributed by atoms with Gasteiger partial charge in [0.05, 0.1) is 35.2 Å². The number of piperazine rings is 2. The van der Waals surface area contributed by atoms with E-state index in [4.69, 9.17) is 26.8 Å². The average molecular weight is 1020 g/mol. The lowest BCUT2D eigenvalue weighted by molar-refractivity contribution is 0.0512. The number of amides is 2. The van der Waals surface area contributed by atoms with Gasteiger partial charge in [-0.3, -0.25) is 0 Å².